The SMILES string of the molecule is CC(NC(=O)c1cccc(Cl)c1Cl)C(=O)NC(C)C(C)C(=O)O. The normalized spacial score (nSPS) is 14.5. The van der Waals surface area contributed by atoms with Crippen molar-refractivity contribution >= 4 is 41.0 Å². The first-order valence-electron chi connectivity index (χ1n) is 6.93. The third kappa shape index (κ3) is 5.11. The summed E-state index contributed by atoms with van der Waals surface area (Å²) < 4.78 is 0. The molecule has 0 aliphatic heterocycles. The minimum absolute atomic E-state index is 0.104. The van der Waals surface area contributed by atoms with Crippen LogP contribution in [0.15, 0.2) is 18.2 Å². The van der Waals surface area contributed by atoms with Gasteiger partial charge in [0.05, 0.1) is 21.5 Å². The molecule has 0 saturated heterocycles. The van der Waals surface area contributed by atoms with Crippen LogP contribution < -0.4 is 10.6 Å². The van der Waals surface area contributed by atoms with Crippen LogP contribution in [0.3, 0.4) is 0 Å². The van der Waals surface area contributed by atoms with Crippen LogP contribution in [0, 0.1) is 5.92 Å². The van der Waals surface area contributed by atoms with Crippen molar-refractivity contribution in [3.63, 3.8) is 0 Å². The Labute approximate surface area is 144 Å². The highest BCUT2D eigenvalue weighted by Gasteiger charge is 2.24. The van der Waals surface area contributed by atoms with Crippen molar-refractivity contribution in [2.24, 2.45) is 5.92 Å². The standard InChI is InChI=1S/C15H18Cl2N2O4/c1-7(15(22)23)8(2)18-13(20)9(3)19-14(21)10-5-4-6-11(16)12(10)17/h4-9H,1-3H3,(H,18,20)(H,19,21)(H,22,23). The number of rotatable bonds is 6. The summed E-state index contributed by atoms with van der Waals surface area (Å²) in [5.74, 6) is -2.79. The lowest BCUT2D eigenvalue weighted by atomic mass is 10.0. The molecule has 8 heteroatoms. The fraction of sp³-hybridized carbons (Fsp3) is 0.400. The number of amides is 2. The van der Waals surface area contributed by atoms with Gasteiger partial charge < -0.3 is 15.7 Å². The summed E-state index contributed by atoms with van der Waals surface area (Å²) in [6, 6.07) is 3.18. The molecular weight excluding hydrogens is 343 g/mol. The Hall–Kier alpha value is -1.79. The van der Waals surface area contributed by atoms with E-state index in [4.69, 9.17) is 28.3 Å². The third-order valence-corrected chi connectivity index (χ3v) is 4.27. The van der Waals surface area contributed by atoms with E-state index in [1.165, 1.54) is 19.9 Å². The number of hydrogen-bond donors (Lipinski definition) is 3. The highest BCUT2D eigenvalue weighted by atomic mass is 35.5. The van der Waals surface area contributed by atoms with Gasteiger partial charge in [-0.25, -0.2) is 0 Å². The van der Waals surface area contributed by atoms with Gasteiger partial charge in [-0.2, -0.15) is 0 Å². The molecule has 1 rings (SSSR count). The van der Waals surface area contributed by atoms with E-state index in [0.29, 0.717) is 0 Å². The fourth-order valence-electron chi connectivity index (χ4n) is 1.71. The van der Waals surface area contributed by atoms with Crippen molar-refractivity contribution in [1.29, 1.82) is 0 Å². The average molecular weight is 361 g/mol. The van der Waals surface area contributed by atoms with Gasteiger partial charge in [0, 0.05) is 6.04 Å². The molecule has 6 nitrogen and oxygen atoms in total. The maximum Gasteiger partial charge on any atom is 0.308 e. The number of carbonyl (C=O) groups excluding carboxylic acids is 2. The molecule has 3 atom stereocenters. The van der Waals surface area contributed by atoms with Gasteiger partial charge in [-0.3, -0.25) is 14.4 Å². The smallest absolute Gasteiger partial charge is 0.308 e. The van der Waals surface area contributed by atoms with Gasteiger partial charge in [-0.1, -0.05) is 29.3 Å². The number of carboxylic acids is 1. The van der Waals surface area contributed by atoms with Crippen molar-refractivity contribution in [2.45, 2.75) is 32.9 Å². The Bertz CT molecular complexity index is 621. The highest BCUT2D eigenvalue weighted by Crippen LogP contribution is 2.25. The minimum atomic E-state index is -1.01. The van der Waals surface area contributed by atoms with Gasteiger partial charge in [0.2, 0.25) is 5.91 Å². The number of carbonyl (C=O) groups is 3. The molecule has 0 radical (unpaired) electrons. The first-order valence-corrected chi connectivity index (χ1v) is 7.68. The second-order valence-electron chi connectivity index (χ2n) is 5.22. The van der Waals surface area contributed by atoms with Crippen LogP contribution in [-0.2, 0) is 9.59 Å². The van der Waals surface area contributed by atoms with Crippen molar-refractivity contribution in [3.05, 3.63) is 33.8 Å². The van der Waals surface area contributed by atoms with Gasteiger partial charge >= 0.3 is 5.97 Å². The van der Waals surface area contributed by atoms with E-state index in [0.717, 1.165) is 0 Å². The maximum atomic E-state index is 12.1. The summed E-state index contributed by atoms with van der Waals surface area (Å²) in [6.45, 7) is 4.56. The Balaban J connectivity index is 2.70. The van der Waals surface area contributed by atoms with Gasteiger partial charge in [0.1, 0.15) is 6.04 Å². The molecule has 3 unspecified atom stereocenters. The lowest BCUT2D eigenvalue weighted by Crippen LogP contribution is -2.49. The maximum absolute atomic E-state index is 12.1. The van der Waals surface area contributed by atoms with Crippen LogP contribution >= 0.6 is 23.2 Å². The summed E-state index contributed by atoms with van der Waals surface area (Å²) in [6.07, 6.45) is 0. The predicted molar refractivity (Wildman–Crippen MR) is 87.8 cm³/mol. The molecule has 0 aromatic heterocycles. The van der Waals surface area contributed by atoms with Crippen LogP contribution in [0.25, 0.3) is 0 Å². The molecule has 1 aromatic carbocycles. The minimum Gasteiger partial charge on any atom is -0.481 e. The molecule has 0 heterocycles. The molecule has 0 aliphatic carbocycles. The summed E-state index contributed by atoms with van der Waals surface area (Å²) in [5.41, 5.74) is 0.158. The Morgan fingerprint density at radius 3 is 2.26 bits per heavy atom. The largest absolute Gasteiger partial charge is 0.481 e. The molecule has 0 spiro atoms. The molecule has 0 fully saturated rings. The molecule has 2 amide bonds. The van der Waals surface area contributed by atoms with Crippen LogP contribution in [0.4, 0.5) is 0 Å². The van der Waals surface area contributed by atoms with Crippen LogP contribution in [0.2, 0.25) is 10.0 Å². The van der Waals surface area contributed by atoms with E-state index in [1.807, 2.05) is 0 Å². The fourth-order valence-corrected chi connectivity index (χ4v) is 2.09. The summed E-state index contributed by atoms with van der Waals surface area (Å²) in [7, 11) is 0. The summed E-state index contributed by atoms with van der Waals surface area (Å²) >= 11 is 11.8. The second kappa shape index (κ2) is 8.17. The van der Waals surface area contributed by atoms with E-state index < -0.39 is 35.8 Å². The van der Waals surface area contributed by atoms with Crippen LogP contribution in [-0.4, -0.2) is 35.0 Å². The monoisotopic (exact) mass is 360 g/mol. The number of nitrogens with one attached hydrogen (secondary N) is 2. The Morgan fingerprint density at radius 1 is 1.09 bits per heavy atom. The van der Waals surface area contributed by atoms with Crippen LogP contribution in [0.5, 0.6) is 0 Å². The second-order valence-corrected chi connectivity index (χ2v) is 6.01. The zero-order valence-corrected chi connectivity index (χ0v) is 14.4. The van der Waals surface area contributed by atoms with Gasteiger partial charge in [-0.15, -0.1) is 0 Å². The molecular formula is C15H18Cl2N2O4. The van der Waals surface area contributed by atoms with Gasteiger partial charge in [0.15, 0.2) is 0 Å². The summed E-state index contributed by atoms with van der Waals surface area (Å²) in [4.78, 5) is 35.0. The van der Waals surface area contributed by atoms with Crippen molar-refractivity contribution < 1.29 is 19.5 Å². The first-order chi connectivity index (χ1) is 10.6. The van der Waals surface area contributed by atoms with Gasteiger partial charge in [-0.05, 0) is 32.9 Å². The van der Waals surface area contributed by atoms with Gasteiger partial charge in [0.25, 0.3) is 5.91 Å². The molecule has 0 bridgehead atoms. The average Bonchev–Trinajstić information content (AvgIpc) is 2.48. The van der Waals surface area contributed by atoms with Crippen molar-refractivity contribution in [3.8, 4) is 0 Å². The lowest BCUT2D eigenvalue weighted by molar-refractivity contribution is -0.142. The topological polar surface area (TPSA) is 95.5 Å². The number of carboxylic acid groups (broad SMARTS) is 1. The van der Waals surface area contributed by atoms with E-state index >= 15 is 0 Å². The zero-order valence-electron chi connectivity index (χ0n) is 12.9. The highest BCUT2D eigenvalue weighted by molar-refractivity contribution is 6.43. The Kier molecular flexibility index (Phi) is 6.84. The van der Waals surface area contributed by atoms with E-state index in [9.17, 15) is 14.4 Å². The Morgan fingerprint density at radius 2 is 1.70 bits per heavy atom. The van der Waals surface area contributed by atoms with Crippen LogP contribution in [0.1, 0.15) is 31.1 Å². The first kappa shape index (κ1) is 19.3. The van der Waals surface area contributed by atoms with Crippen molar-refractivity contribution in [1.82, 2.24) is 10.6 Å². The molecule has 1 aromatic rings. The van der Waals surface area contributed by atoms with E-state index in [1.54, 1.807) is 19.1 Å². The predicted octanol–water partition coefficient (Wildman–Crippen LogP) is 2.34. The molecule has 23 heavy (non-hydrogen) atoms. The van der Waals surface area contributed by atoms with E-state index in [2.05, 4.69) is 10.6 Å². The zero-order chi connectivity index (χ0) is 17.7. The lowest BCUT2D eigenvalue weighted by Gasteiger charge is -2.21. The molecule has 0 saturated carbocycles. The molecule has 126 valence electrons. The number of halogens is 2. The van der Waals surface area contributed by atoms with Crippen molar-refractivity contribution in [2.75, 3.05) is 0 Å². The number of benzene rings is 1. The molecule has 0 aliphatic rings. The number of hydrogen-bond acceptors (Lipinski definition) is 3. The van der Waals surface area contributed by atoms with E-state index in [-0.39, 0.29) is 15.6 Å². The third-order valence-electron chi connectivity index (χ3n) is 3.45. The number of aliphatic carboxylic acids is 1. The quantitative estimate of drug-likeness (QED) is 0.725. The molecule has 3 N–H and O–H groups in total. The summed E-state index contributed by atoms with van der Waals surface area (Å²) in [5, 5.41) is 14.3.